The first-order valence-electron chi connectivity index (χ1n) is 11.9. The van der Waals surface area contributed by atoms with Crippen LogP contribution in [0, 0.1) is 0 Å². The van der Waals surface area contributed by atoms with E-state index >= 15 is 0 Å². The van der Waals surface area contributed by atoms with Crippen molar-refractivity contribution in [1.29, 1.82) is 0 Å². The van der Waals surface area contributed by atoms with Gasteiger partial charge in [-0.2, -0.15) is 0 Å². The van der Waals surface area contributed by atoms with Crippen LogP contribution in [0.4, 0.5) is 5.69 Å². The van der Waals surface area contributed by atoms with Gasteiger partial charge in [-0.25, -0.2) is 9.78 Å². The Labute approximate surface area is 223 Å². The van der Waals surface area contributed by atoms with Gasteiger partial charge in [0, 0.05) is 29.1 Å². The van der Waals surface area contributed by atoms with Crippen molar-refractivity contribution >= 4 is 44.8 Å². The maximum Gasteiger partial charge on any atom is 0.332 e. The molecule has 0 amide bonds. The molecule has 1 atom stereocenters. The molecule has 10 heteroatoms. The van der Waals surface area contributed by atoms with E-state index in [4.69, 9.17) is 25.8 Å². The summed E-state index contributed by atoms with van der Waals surface area (Å²) in [6.45, 7) is 3.45. The fraction of sp³-hybridized carbons (Fsp3) is 0.296. The number of benzene rings is 2. The van der Waals surface area contributed by atoms with E-state index < -0.39 is 0 Å². The van der Waals surface area contributed by atoms with Crippen LogP contribution in [0.25, 0.3) is 26.3 Å². The molecule has 0 bridgehead atoms. The number of aromatic nitrogens is 2. The Balaban J connectivity index is 1.38. The van der Waals surface area contributed by atoms with Crippen LogP contribution < -0.4 is 15.2 Å². The van der Waals surface area contributed by atoms with Crippen LogP contribution in [0.2, 0.25) is 5.02 Å². The van der Waals surface area contributed by atoms with E-state index in [0.717, 1.165) is 29.1 Å². The van der Waals surface area contributed by atoms with Crippen LogP contribution >= 0.6 is 22.9 Å². The molecule has 1 aliphatic rings. The van der Waals surface area contributed by atoms with Crippen LogP contribution in [-0.4, -0.2) is 55.0 Å². The molecule has 1 fully saturated rings. The highest BCUT2D eigenvalue weighted by atomic mass is 35.5. The van der Waals surface area contributed by atoms with Gasteiger partial charge in [0.1, 0.15) is 23.4 Å². The number of halogens is 1. The van der Waals surface area contributed by atoms with Crippen molar-refractivity contribution in [3.05, 3.63) is 70.2 Å². The number of nitrogens with zero attached hydrogens (tertiary/aromatic N) is 3. The fourth-order valence-corrected chi connectivity index (χ4v) is 5.57. The molecule has 0 aliphatic carbocycles. The van der Waals surface area contributed by atoms with Crippen molar-refractivity contribution in [2.24, 2.45) is 0 Å². The second-order valence-corrected chi connectivity index (χ2v) is 10.1. The predicted octanol–water partition coefficient (Wildman–Crippen LogP) is 4.93. The molecule has 1 aliphatic heterocycles. The standard InChI is InChI=1S/C27H26ClN3O5S/c1-3-35-25(32)15-36-20-10-11-30(14-20)22-9-8-19(12-23(22)34-2)31-16-29-21-13-24(37-26(21)27(31)33)17-4-6-18(28)7-5-17/h4-9,12-13,16,20H,3,10-11,14-15H2,1-2H3/t20-/m1/s1. The Morgan fingerprint density at radius 3 is 2.76 bits per heavy atom. The van der Waals surface area contributed by atoms with Gasteiger partial charge >= 0.3 is 5.97 Å². The normalized spacial score (nSPS) is 15.3. The number of thiophene rings is 1. The molecule has 192 valence electrons. The Morgan fingerprint density at radius 2 is 2.00 bits per heavy atom. The van der Waals surface area contributed by atoms with Crippen molar-refractivity contribution in [1.82, 2.24) is 9.55 Å². The summed E-state index contributed by atoms with van der Waals surface area (Å²) in [7, 11) is 1.61. The first kappa shape index (κ1) is 25.3. The van der Waals surface area contributed by atoms with E-state index in [1.165, 1.54) is 15.9 Å². The molecule has 4 aromatic rings. The second-order valence-electron chi connectivity index (χ2n) is 8.58. The van der Waals surface area contributed by atoms with Gasteiger partial charge in [0.2, 0.25) is 0 Å². The van der Waals surface area contributed by atoms with Crippen LogP contribution in [0.15, 0.2) is 59.7 Å². The SMILES string of the molecule is CCOC(=O)CO[C@@H]1CCN(c2ccc(-n3cnc4cc(-c5ccc(Cl)cc5)sc4c3=O)cc2OC)C1. The minimum absolute atomic E-state index is 0.0523. The zero-order valence-electron chi connectivity index (χ0n) is 20.5. The van der Waals surface area contributed by atoms with Gasteiger partial charge < -0.3 is 19.1 Å². The average molecular weight is 540 g/mol. The summed E-state index contributed by atoms with van der Waals surface area (Å²) < 4.78 is 18.4. The second kappa shape index (κ2) is 10.9. The summed E-state index contributed by atoms with van der Waals surface area (Å²) in [5.41, 5.74) is 3.07. The topological polar surface area (TPSA) is 82.9 Å². The number of esters is 1. The Morgan fingerprint density at radius 1 is 1.19 bits per heavy atom. The largest absolute Gasteiger partial charge is 0.495 e. The lowest BCUT2D eigenvalue weighted by molar-refractivity contribution is -0.150. The lowest BCUT2D eigenvalue weighted by atomic mass is 10.2. The number of methoxy groups -OCH3 is 1. The first-order valence-corrected chi connectivity index (χ1v) is 13.1. The zero-order chi connectivity index (χ0) is 25.9. The third-order valence-corrected chi connectivity index (χ3v) is 7.65. The van der Waals surface area contributed by atoms with Gasteiger partial charge in [-0.3, -0.25) is 9.36 Å². The third kappa shape index (κ3) is 5.34. The molecule has 2 aromatic heterocycles. The monoisotopic (exact) mass is 539 g/mol. The summed E-state index contributed by atoms with van der Waals surface area (Å²) in [4.78, 5) is 32.6. The van der Waals surface area contributed by atoms with E-state index in [1.54, 1.807) is 20.4 Å². The predicted molar refractivity (Wildman–Crippen MR) is 145 cm³/mol. The number of rotatable bonds is 8. The molecule has 0 N–H and O–H groups in total. The van der Waals surface area contributed by atoms with Crippen molar-refractivity contribution < 1.29 is 19.0 Å². The van der Waals surface area contributed by atoms with E-state index in [0.29, 0.717) is 39.8 Å². The minimum atomic E-state index is -0.357. The van der Waals surface area contributed by atoms with Gasteiger partial charge in [0.25, 0.3) is 5.56 Å². The maximum absolute atomic E-state index is 13.4. The summed E-state index contributed by atoms with van der Waals surface area (Å²) in [5, 5.41) is 0.663. The Bertz CT molecular complexity index is 1480. The number of hydrogen-bond donors (Lipinski definition) is 0. The lowest BCUT2D eigenvalue weighted by Gasteiger charge is -2.22. The van der Waals surface area contributed by atoms with Crippen molar-refractivity contribution in [3.63, 3.8) is 0 Å². The molecule has 0 radical (unpaired) electrons. The number of carbonyl (C=O) groups excluding carboxylic acids is 1. The summed E-state index contributed by atoms with van der Waals surface area (Å²) in [6.07, 6.45) is 2.27. The molecule has 3 heterocycles. The number of fused-ring (bicyclic) bond motifs is 1. The van der Waals surface area contributed by atoms with E-state index in [9.17, 15) is 9.59 Å². The quantitative estimate of drug-likeness (QED) is 0.293. The molecule has 0 unspecified atom stereocenters. The molecule has 2 aromatic carbocycles. The van der Waals surface area contributed by atoms with E-state index in [-0.39, 0.29) is 24.2 Å². The maximum atomic E-state index is 13.4. The van der Waals surface area contributed by atoms with Crippen molar-refractivity contribution in [2.75, 3.05) is 38.3 Å². The third-order valence-electron chi connectivity index (χ3n) is 6.24. The van der Waals surface area contributed by atoms with Crippen LogP contribution in [0.5, 0.6) is 5.75 Å². The molecule has 8 nitrogen and oxygen atoms in total. The number of carbonyl (C=O) groups is 1. The summed E-state index contributed by atoms with van der Waals surface area (Å²) >= 11 is 7.42. The fourth-order valence-electron chi connectivity index (χ4n) is 4.40. The highest BCUT2D eigenvalue weighted by molar-refractivity contribution is 7.22. The number of anilines is 1. The van der Waals surface area contributed by atoms with Crippen LogP contribution in [0.3, 0.4) is 0 Å². The van der Waals surface area contributed by atoms with Gasteiger partial charge in [-0.05, 0) is 49.2 Å². The smallest absolute Gasteiger partial charge is 0.332 e. The lowest BCUT2D eigenvalue weighted by Crippen LogP contribution is -2.25. The number of ether oxygens (including phenoxy) is 3. The Hall–Kier alpha value is -3.40. The molecule has 1 saturated heterocycles. The van der Waals surface area contributed by atoms with Gasteiger partial charge in [-0.1, -0.05) is 23.7 Å². The van der Waals surface area contributed by atoms with Crippen LogP contribution in [0.1, 0.15) is 13.3 Å². The number of hydrogen-bond acceptors (Lipinski definition) is 8. The summed E-state index contributed by atoms with van der Waals surface area (Å²) in [5.74, 6) is 0.286. The molecule has 0 spiro atoms. The van der Waals surface area contributed by atoms with Crippen molar-refractivity contribution in [3.8, 4) is 21.9 Å². The van der Waals surface area contributed by atoms with Gasteiger partial charge in [0.05, 0.1) is 36.7 Å². The molecule has 0 saturated carbocycles. The molecule has 5 rings (SSSR count). The van der Waals surface area contributed by atoms with E-state index in [2.05, 4.69) is 9.88 Å². The highest BCUT2D eigenvalue weighted by Crippen LogP contribution is 2.34. The molecular weight excluding hydrogens is 514 g/mol. The van der Waals surface area contributed by atoms with Crippen LogP contribution in [-0.2, 0) is 14.3 Å². The molecular formula is C27H26ClN3O5S. The van der Waals surface area contributed by atoms with Gasteiger partial charge in [0.15, 0.2) is 0 Å². The highest BCUT2D eigenvalue weighted by Gasteiger charge is 2.26. The Kier molecular flexibility index (Phi) is 7.45. The van der Waals surface area contributed by atoms with Crippen molar-refractivity contribution in [2.45, 2.75) is 19.4 Å². The van der Waals surface area contributed by atoms with E-state index in [1.807, 2.05) is 48.5 Å². The summed E-state index contributed by atoms with van der Waals surface area (Å²) in [6, 6.07) is 15.1. The zero-order valence-corrected chi connectivity index (χ0v) is 22.1. The van der Waals surface area contributed by atoms with Gasteiger partial charge in [-0.15, -0.1) is 11.3 Å². The molecule has 37 heavy (non-hydrogen) atoms. The average Bonchev–Trinajstić information content (AvgIpc) is 3.56. The first-order chi connectivity index (χ1) is 18.0. The minimum Gasteiger partial charge on any atom is -0.495 e.